The highest BCUT2D eigenvalue weighted by atomic mass is 31.3. The normalized spacial score (nSPS) is 30.6. The van der Waals surface area contributed by atoms with Crippen LogP contribution in [0.5, 0.6) is 0 Å². The Morgan fingerprint density at radius 1 is 1.36 bits per heavy atom. The molecule has 7 N–H and O–H groups in total. The zero-order valence-electron chi connectivity index (χ0n) is 14.3. The smallest absolute Gasteiger partial charge is 0.387 e. The van der Waals surface area contributed by atoms with E-state index in [1.54, 1.807) is 12.1 Å². The van der Waals surface area contributed by atoms with Gasteiger partial charge >= 0.3 is 15.6 Å². The lowest BCUT2D eigenvalue weighted by atomic mass is 9.91. The van der Waals surface area contributed by atoms with Gasteiger partial charge in [0, 0.05) is 0 Å². The Bertz CT molecular complexity index is 974. The fraction of sp³-hybridized carbons (Fsp3) is 0.500. The summed E-state index contributed by atoms with van der Waals surface area (Å²) in [6.07, 6.45) is -2.87. The van der Waals surface area contributed by atoms with Crippen molar-refractivity contribution in [3.63, 3.8) is 0 Å². The van der Waals surface area contributed by atoms with Crippen molar-refractivity contribution in [2.24, 2.45) is 0 Å². The summed E-state index contributed by atoms with van der Waals surface area (Å²) in [6, 6.07) is 3.12. The highest BCUT2D eigenvalue weighted by molar-refractivity contribution is 7.60. The predicted octanol–water partition coefficient (Wildman–Crippen LogP) is -0.910. The van der Waals surface area contributed by atoms with Crippen LogP contribution < -0.4 is 5.73 Å². The quantitative estimate of drug-likeness (QED) is 0.300. The molecule has 0 bridgehead atoms. The summed E-state index contributed by atoms with van der Waals surface area (Å²) in [5, 5.41) is 25.1. The van der Waals surface area contributed by atoms with Crippen molar-refractivity contribution in [1.82, 2.24) is 14.6 Å². The molecule has 1 aliphatic rings. The van der Waals surface area contributed by atoms with E-state index in [1.807, 2.05) is 0 Å². The molecule has 28 heavy (non-hydrogen) atoms. The number of rotatable bonds is 6. The predicted molar refractivity (Wildman–Crippen MR) is 90.6 cm³/mol. The van der Waals surface area contributed by atoms with Crippen LogP contribution in [-0.4, -0.2) is 63.9 Å². The van der Waals surface area contributed by atoms with Crippen molar-refractivity contribution < 1.29 is 47.6 Å². The number of aromatic nitrogens is 3. The van der Waals surface area contributed by atoms with Crippen LogP contribution in [0.1, 0.15) is 18.7 Å². The maximum absolute atomic E-state index is 11.6. The molecule has 0 amide bonds. The van der Waals surface area contributed by atoms with Gasteiger partial charge in [0.15, 0.2) is 5.82 Å². The van der Waals surface area contributed by atoms with Crippen LogP contribution in [0.2, 0.25) is 0 Å². The molecule has 5 atom stereocenters. The van der Waals surface area contributed by atoms with Gasteiger partial charge in [0.2, 0.25) is 0 Å². The molecule has 1 saturated heterocycles. The van der Waals surface area contributed by atoms with E-state index >= 15 is 0 Å². The maximum atomic E-state index is 11.6. The van der Waals surface area contributed by atoms with Gasteiger partial charge in [-0.3, -0.25) is 4.52 Å². The minimum atomic E-state index is -5.29. The van der Waals surface area contributed by atoms with Gasteiger partial charge in [-0.2, -0.15) is 9.41 Å². The second-order valence-electron chi connectivity index (χ2n) is 6.26. The molecule has 0 radical (unpaired) electrons. The van der Waals surface area contributed by atoms with Crippen LogP contribution in [0.25, 0.3) is 5.52 Å². The molecule has 0 spiro atoms. The fourth-order valence-corrected chi connectivity index (χ4v) is 4.51. The van der Waals surface area contributed by atoms with Crippen molar-refractivity contribution >= 4 is 27.0 Å². The van der Waals surface area contributed by atoms with Crippen LogP contribution in [0.3, 0.4) is 0 Å². The molecule has 2 aromatic rings. The third kappa shape index (κ3) is 4.11. The zero-order valence-corrected chi connectivity index (χ0v) is 16.1. The van der Waals surface area contributed by atoms with E-state index in [-0.39, 0.29) is 5.82 Å². The van der Waals surface area contributed by atoms with E-state index in [1.165, 1.54) is 17.8 Å². The minimum Gasteiger partial charge on any atom is -0.387 e. The van der Waals surface area contributed by atoms with Crippen molar-refractivity contribution in [3.05, 3.63) is 24.2 Å². The topological polar surface area (TPSA) is 219 Å². The van der Waals surface area contributed by atoms with Crippen molar-refractivity contribution in [1.29, 1.82) is 0 Å². The summed E-state index contributed by atoms with van der Waals surface area (Å²) in [6.45, 7) is 0.471. The number of anilines is 1. The van der Waals surface area contributed by atoms with Gasteiger partial charge in [-0.25, -0.2) is 18.6 Å². The Morgan fingerprint density at radius 3 is 2.68 bits per heavy atom. The van der Waals surface area contributed by atoms with E-state index < -0.39 is 46.2 Å². The number of nitrogens with two attached hydrogens (primary N) is 1. The second kappa shape index (κ2) is 7.11. The first kappa shape index (κ1) is 21.3. The molecular weight excluding hydrogens is 422 g/mol. The van der Waals surface area contributed by atoms with Crippen LogP contribution in [0.4, 0.5) is 5.82 Å². The van der Waals surface area contributed by atoms with E-state index in [2.05, 4.69) is 18.9 Å². The second-order valence-corrected chi connectivity index (χ2v) is 9.09. The fourth-order valence-electron chi connectivity index (χ4n) is 2.92. The van der Waals surface area contributed by atoms with Gasteiger partial charge in [-0.1, -0.05) is 0 Å². The first-order valence-electron chi connectivity index (χ1n) is 7.70. The standard InChI is InChI=1S/C12H18N4O10P2/c1-12(18)9(17)8(4-24-28(22,23)26-27(19,20)21)25-10(12)6-2-3-7-11(13)14-5-15-16(6)7/h2-3,5,8-10,17-18H,4H2,1H3,(H,22,23)(H2,13,14,15)(H2,19,20,21)/t8-,9-,10+,12-/m1/s1. The van der Waals surface area contributed by atoms with E-state index in [0.717, 1.165) is 0 Å². The molecule has 3 heterocycles. The minimum absolute atomic E-state index is 0.176. The Hall–Kier alpha value is -1.44. The third-order valence-electron chi connectivity index (χ3n) is 4.18. The molecule has 1 fully saturated rings. The molecule has 16 heteroatoms. The first-order chi connectivity index (χ1) is 12.8. The van der Waals surface area contributed by atoms with Crippen LogP contribution in [0.15, 0.2) is 18.5 Å². The number of hydrogen-bond acceptors (Lipinski definition) is 10. The Kier molecular flexibility index (Phi) is 5.40. The summed E-state index contributed by atoms with van der Waals surface area (Å²) in [7, 11) is -10.4. The van der Waals surface area contributed by atoms with Crippen molar-refractivity contribution in [2.75, 3.05) is 12.3 Å². The summed E-state index contributed by atoms with van der Waals surface area (Å²) >= 11 is 0. The van der Waals surface area contributed by atoms with Crippen molar-refractivity contribution in [2.45, 2.75) is 30.8 Å². The van der Waals surface area contributed by atoms with Gasteiger partial charge in [0.05, 0.1) is 12.3 Å². The molecule has 1 unspecified atom stereocenters. The molecule has 1 aliphatic heterocycles. The summed E-state index contributed by atoms with van der Waals surface area (Å²) in [4.78, 5) is 30.4. The summed E-state index contributed by atoms with van der Waals surface area (Å²) in [5.41, 5.74) is 4.63. The van der Waals surface area contributed by atoms with E-state index in [4.69, 9.17) is 20.3 Å². The summed E-state index contributed by atoms with van der Waals surface area (Å²) in [5.74, 6) is 0.176. The number of aliphatic hydroxyl groups is 2. The molecule has 156 valence electrons. The lowest BCUT2D eigenvalue weighted by molar-refractivity contribution is -0.0664. The molecule has 3 rings (SSSR count). The first-order valence-corrected chi connectivity index (χ1v) is 10.7. The van der Waals surface area contributed by atoms with Gasteiger partial charge in [0.1, 0.15) is 35.8 Å². The number of phosphoric ester groups is 1. The molecule has 0 saturated carbocycles. The lowest BCUT2D eigenvalue weighted by Crippen LogP contribution is -2.43. The Morgan fingerprint density at radius 2 is 2.04 bits per heavy atom. The number of hydrogen-bond donors (Lipinski definition) is 6. The molecule has 0 aliphatic carbocycles. The van der Waals surface area contributed by atoms with Gasteiger partial charge in [-0.15, -0.1) is 0 Å². The highest BCUT2D eigenvalue weighted by Gasteiger charge is 2.54. The lowest BCUT2D eigenvalue weighted by Gasteiger charge is -2.26. The summed E-state index contributed by atoms with van der Waals surface area (Å²) < 4.78 is 37.3. The van der Waals surface area contributed by atoms with E-state index in [0.29, 0.717) is 11.2 Å². The number of nitrogen functional groups attached to an aromatic ring is 1. The monoisotopic (exact) mass is 440 g/mol. The number of nitrogens with zero attached hydrogens (tertiary/aromatic N) is 3. The molecule has 14 nitrogen and oxygen atoms in total. The van der Waals surface area contributed by atoms with Gasteiger partial charge < -0.3 is 35.4 Å². The van der Waals surface area contributed by atoms with Crippen molar-refractivity contribution in [3.8, 4) is 0 Å². The number of ether oxygens (including phenoxy) is 1. The highest BCUT2D eigenvalue weighted by Crippen LogP contribution is 2.58. The number of aliphatic hydroxyl groups excluding tert-OH is 1. The third-order valence-corrected chi connectivity index (χ3v) is 6.34. The van der Waals surface area contributed by atoms with Crippen LogP contribution in [-0.2, 0) is 22.7 Å². The number of phosphoric acid groups is 2. The Balaban J connectivity index is 1.81. The SMILES string of the molecule is C[C@@]1(O)[C@H](O)[C@@H](COP(=O)(O)OP(=O)(O)O)O[C@H]1c1ccc2c(N)ncnn12. The number of fused-ring (bicyclic) bond motifs is 1. The molecule has 0 aromatic carbocycles. The van der Waals surface area contributed by atoms with Crippen LogP contribution in [0, 0.1) is 0 Å². The van der Waals surface area contributed by atoms with Gasteiger partial charge in [-0.05, 0) is 19.1 Å². The average molecular weight is 440 g/mol. The zero-order chi connectivity index (χ0) is 20.9. The van der Waals surface area contributed by atoms with Crippen LogP contribution >= 0.6 is 15.6 Å². The van der Waals surface area contributed by atoms with Gasteiger partial charge in [0.25, 0.3) is 0 Å². The van der Waals surface area contributed by atoms with E-state index in [9.17, 15) is 24.2 Å². The molecule has 2 aromatic heterocycles. The molecular formula is C12H18N4O10P2. The average Bonchev–Trinajstić information content (AvgIpc) is 3.05. The Labute approximate surface area is 157 Å². The maximum Gasteiger partial charge on any atom is 0.481 e. The largest absolute Gasteiger partial charge is 0.481 e.